The van der Waals surface area contributed by atoms with Gasteiger partial charge in [-0.05, 0) is 42.3 Å². The Morgan fingerprint density at radius 3 is 2.58 bits per heavy atom. The van der Waals surface area contributed by atoms with Crippen LogP contribution in [-0.4, -0.2) is 0 Å². The predicted molar refractivity (Wildman–Crippen MR) is 57.1 cm³/mol. The van der Waals surface area contributed by atoms with E-state index in [0.29, 0.717) is 0 Å². The van der Waals surface area contributed by atoms with E-state index >= 15 is 0 Å². The molecule has 2 aromatic rings. The highest BCUT2D eigenvalue weighted by molar-refractivity contribution is 7.16. The molecule has 0 unspecified atom stereocenters. The Balaban J connectivity index is 2.48. The number of hydrogen-bond donors (Lipinski definition) is 0. The first-order valence-electron chi connectivity index (χ1n) is 3.87. The normalized spacial score (nSPS) is 10.5. The molecule has 0 aliphatic heterocycles. The van der Waals surface area contributed by atoms with Gasteiger partial charge in [0, 0.05) is 15.3 Å². The van der Waals surface area contributed by atoms with E-state index in [1.165, 1.54) is 20.9 Å². The van der Waals surface area contributed by atoms with E-state index in [1.807, 2.05) is 11.3 Å². The minimum absolute atomic E-state index is 1.36. The van der Waals surface area contributed by atoms with Crippen molar-refractivity contribution in [3.05, 3.63) is 33.3 Å². The third kappa shape index (κ3) is 1.32. The van der Waals surface area contributed by atoms with Gasteiger partial charge in [-0.3, -0.25) is 0 Å². The van der Waals surface area contributed by atoms with E-state index in [0.717, 1.165) is 0 Å². The zero-order valence-corrected chi connectivity index (χ0v) is 8.76. The molecular weight excluding hydrogens is 184 g/mol. The van der Waals surface area contributed by atoms with Gasteiger partial charge in [0.2, 0.25) is 0 Å². The summed E-state index contributed by atoms with van der Waals surface area (Å²) in [6.45, 7) is 4.34. The topological polar surface area (TPSA) is 0 Å². The monoisotopic (exact) mass is 194 g/mol. The molecule has 0 saturated carbocycles. The Labute approximate surface area is 80.5 Å². The molecule has 0 amide bonds. The number of hydrogen-bond acceptors (Lipinski definition) is 2. The summed E-state index contributed by atoms with van der Waals surface area (Å²) in [5.41, 5.74) is 2.77. The van der Waals surface area contributed by atoms with Gasteiger partial charge in [-0.15, -0.1) is 11.3 Å². The van der Waals surface area contributed by atoms with Gasteiger partial charge in [0.05, 0.1) is 0 Å². The first-order chi connectivity index (χ1) is 5.77. The molecule has 2 aromatic heterocycles. The summed E-state index contributed by atoms with van der Waals surface area (Å²) in [7, 11) is 0. The van der Waals surface area contributed by atoms with E-state index in [2.05, 4.69) is 36.7 Å². The second kappa shape index (κ2) is 3.04. The van der Waals surface area contributed by atoms with Crippen molar-refractivity contribution in [2.45, 2.75) is 13.8 Å². The van der Waals surface area contributed by atoms with Crippen molar-refractivity contribution in [1.82, 2.24) is 0 Å². The Kier molecular flexibility index (Phi) is 2.03. The lowest BCUT2D eigenvalue weighted by atomic mass is 10.2. The maximum absolute atomic E-state index is 2.27. The van der Waals surface area contributed by atoms with Crippen LogP contribution in [-0.2, 0) is 0 Å². The van der Waals surface area contributed by atoms with Crippen LogP contribution in [0.25, 0.3) is 10.4 Å². The van der Waals surface area contributed by atoms with E-state index in [1.54, 1.807) is 11.3 Å². The van der Waals surface area contributed by atoms with Crippen LogP contribution in [0, 0.1) is 13.8 Å². The van der Waals surface area contributed by atoms with Gasteiger partial charge in [-0.2, -0.15) is 11.3 Å². The molecule has 0 aromatic carbocycles. The molecule has 0 radical (unpaired) electrons. The third-order valence-electron chi connectivity index (χ3n) is 1.97. The summed E-state index contributed by atoms with van der Waals surface area (Å²) in [4.78, 5) is 2.82. The smallest absolute Gasteiger partial charge is 0.0356 e. The first kappa shape index (κ1) is 8.02. The van der Waals surface area contributed by atoms with Crippen LogP contribution in [0.4, 0.5) is 0 Å². The zero-order valence-electron chi connectivity index (χ0n) is 7.13. The molecule has 0 saturated heterocycles. The van der Waals surface area contributed by atoms with Gasteiger partial charge in [-0.1, -0.05) is 0 Å². The van der Waals surface area contributed by atoms with E-state index in [-0.39, 0.29) is 0 Å². The van der Waals surface area contributed by atoms with E-state index in [9.17, 15) is 0 Å². The van der Waals surface area contributed by atoms with Crippen LogP contribution < -0.4 is 0 Å². The van der Waals surface area contributed by atoms with E-state index in [4.69, 9.17) is 0 Å². The van der Waals surface area contributed by atoms with Crippen LogP contribution >= 0.6 is 22.7 Å². The lowest BCUT2D eigenvalue weighted by Crippen LogP contribution is -1.63. The van der Waals surface area contributed by atoms with Crippen molar-refractivity contribution in [2.24, 2.45) is 0 Å². The highest BCUT2D eigenvalue weighted by Gasteiger charge is 2.03. The zero-order chi connectivity index (χ0) is 8.55. The molecular formula is C10H10S2. The van der Waals surface area contributed by atoms with Gasteiger partial charge in [0.1, 0.15) is 0 Å². The van der Waals surface area contributed by atoms with Gasteiger partial charge < -0.3 is 0 Å². The summed E-state index contributed by atoms with van der Waals surface area (Å²) in [6, 6.07) is 4.44. The lowest BCUT2D eigenvalue weighted by molar-refractivity contribution is 1.44. The molecule has 62 valence electrons. The molecule has 0 fully saturated rings. The second-order valence-corrected chi connectivity index (χ2v) is 4.90. The van der Waals surface area contributed by atoms with Gasteiger partial charge in [-0.25, -0.2) is 0 Å². The summed E-state index contributed by atoms with van der Waals surface area (Å²) in [5.74, 6) is 0. The highest BCUT2D eigenvalue weighted by Crippen LogP contribution is 2.31. The lowest BCUT2D eigenvalue weighted by Gasteiger charge is -1.86. The Bertz CT molecular complexity index is 349. The minimum Gasteiger partial charge on any atom is -0.152 e. The molecule has 0 spiro atoms. The second-order valence-electron chi connectivity index (χ2n) is 2.86. The molecule has 0 bridgehead atoms. The van der Waals surface area contributed by atoms with Gasteiger partial charge in [0.25, 0.3) is 0 Å². The maximum atomic E-state index is 2.27. The Hall–Kier alpha value is -0.600. The van der Waals surface area contributed by atoms with Crippen molar-refractivity contribution < 1.29 is 0 Å². The van der Waals surface area contributed by atoms with Crippen molar-refractivity contribution in [1.29, 1.82) is 0 Å². The molecule has 0 atom stereocenters. The predicted octanol–water partition coefficient (Wildman–Crippen LogP) is 4.09. The van der Waals surface area contributed by atoms with Crippen molar-refractivity contribution in [2.75, 3.05) is 0 Å². The molecule has 0 nitrogen and oxygen atoms in total. The van der Waals surface area contributed by atoms with Gasteiger partial charge >= 0.3 is 0 Å². The molecule has 0 aliphatic carbocycles. The van der Waals surface area contributed by atoms with Crippen molar-refractivity contribution in [3.8, 4) is 10.4 Å². The average molecular weight is 194 g/mol. The molecule has 2 rings (SSSR count). The Morgan fingerprint density at radius 2 is 2.08 bits per heavy atom. The number of aryl methyl sites for hydroxylation is 2. The van der Waals surface area contributed by atoms with Crippen molar-refractivity contribution in [3.63, 3.8) is 0 Å². The fraction of sp³-hybridized carbons (Fsp3) is 0.200. The molecule has 12 heavy (non-hydrogen) atoms. The van der Waals surface area contributed by atoms with Crippen LogP contribution in [0.3, 0.4) is 0 Å². The fourth-order valence-corrected chi connectivity index (χ4v) is 2.88. The summed E-state index contributed by atoms with van der Waals surface area (Å²) >= 11 is 3.63. The average Bonchev–Trinajstić information content (AvgIpc) is 2.61. The van der Waals surface area contributed by atoms with Crippen LogP contribution in [0.15, 0.2) is 22.9 Å². The summed E-state index contributed by atoms with van der Waals surface area (Å²) in [5, 5.41) is 4.32. The largest absolute Gasteiger partial charge is 0.152 e. The van der Waals surface area contributed by atoms with Crippen LogP contribution in [0.2, 0.25) is 0 Å². The van der Waals surface area contributed by atoms with Crippen molar-refractivity contribution >= 4 is 22.7 Å². The first-order valence-corrected chi connectivity index (χ1v) is 5.63. The summed E-state index contributed by atoms with van der Waals surface area (Å²) < 4.78 is 0. The van der Waals surface area contributed by atoms with Crippen LogP contribution in [0.1, 0.15) is 10.4 Å². The number of thiophene rings is 2. The fourth-order valence-electron chi connectivity index (χ4n) is 1.12. The maximum Gasteiger partial charge on any atom is 0.0356 e. The van der Waals surface area contributed by atoms with E-state index < -0.39 is 0 Å². The molecule has 0 aliphatic rings. The summed E-state index contributed by atoms with van der Waals surface area (Å²) in [6.07, 6.45) is 0. The highest BCUT2D eigenvalue weighted by atomic mass is 32.1. The SMILES string of the molecule is Cc1cc(-c2ccsc2)sc1C. The number of rotatable bonds is 1. The van der Waals surface area contributed by atoms with Gasteiger partial charge in [0.15, 0.2) is 0 Å². The molecule has 2 heteroatoms. The molecule has 0 N–H and O–H groups in total. The quantitative estimate of drug-likeness (QED) is 0.641. The molecule has 2 heterocycles. The third-order valence-corrected chi connectivity index (χ3v) is 3.86. The standard InChI is InChI=1S/C10H10S2/c1-7-5-10(12-8(7)2)9-3-4-11-6-9/h3-6H,1-2H3. The minimum atomic E-state index is 1.36. The van der Waals surface area contributed by atoms with Crippen LogP contribution in [0.5, 0.6) is 0 Å². The Morgan fingerprint density at radius 1 is 1.25 bits per heavy atom.